The van der Waals surface area contributed by atoms with Crippen LogP contribution in [0.25, 0.3) is 0 Å². The second-order valence-corrected chi connectivity index (χ2v) is 5.63. The maximum Gasteiger partial charge on any atom is 0.242 e. The van der Waals surface area contributed by atoms with Gasteiger partial charge >= 0.3 is 0 Å². The molecule has 1 fully saturated rings. The van der Waals surface area contributed by atoms with Crippen molar-refractivity contribution in [1.82, 2.24) is 4.90 Å². The second-order valence-electron chi connectivity index (χ2n) is 5.63. The van der Waals surface area contributed by atoms with E-state index in [1.807, 2.05) is 6.92 Å². The number of nitrogens with two attached hydrogens (primary N) is 1. The molecule has 3 N–H and O–H groups in total. The summed E-state index contributed by atoms with van der Waals surface area (Å²) in [7, 11) is 0. The molecule has 1 atom stereocenters. The predicted octanol–water partition coefficient (Wildman–Crippen LogP) is 1.51. The van der Waals surface area contributed by atoms with Crippen molar-refractivity contribution in [3.05, 3.63) is 0 Å². The van der Waals surface area contributed by atoms with Gasteiger partial charge in [-0.2, -0.15) is 0 Å². The van der Waals surface area contributed by atoms with Gasteiger partial charge in [0.05, 0.1) is 12.1 Å². The average molecular weight is 256 g/mol. The number of unbranched alkanes of at least 4 members (excludes halogenated alkanes) is 3. The smallest absolute Gasteiger partial charge is 0.242 e. The Morgan fingerprint density at radius 2 is 2.00 bits per heavy atom. The van der Waals surface area contributed by atoms with E-state index in [1.54, 1.807) is 4.90 Å². The first-order valence-corrected chi connectivity index (χ1v) is 7.23. The lowest BCUT2D eigenvalue weighted by molar-refractivity contribution is -0.137. The first-order valence-electron chi connectivity index (χ1n) is 7.23. The van der Waals surface area contributed by atoms with E-state index < -0.39 is 5.54 Å². The van der Waals surface area contributed by atoms with Crippen LogP contribution >= 0.6 is 0 Å². The SMILES string of the molecule is CCCCCCN(CCO)C(=O)C(C)(N)C1CC1. The number of hydrogen-bond acceptors (Lipinski definition) is 3. The lowest BCUT2D eigenvalue weighted by atomic mass is 9.95. The summed E-state index contributed by atoms with van der Waals surface area (Å²) in [6.07, 6.45) is 6.63. The Morgan fingerprint density at radius 3 is 2.50 bits per heavy atom. The van der Waals surface area contributed by atoms with E-state index in [4.69, 9.17) is 10.8 Å². The Labute approximate surface area is 111 Å². The summed E-state index contributed by atoms with van der Waals surface area (Å²) in [4.78, 5) is 14.1. The molecule has 1 amide bonds. The molecule has 0 aliphatic heterocycles. The number of hydrogen-bond donors (Lipinski definition) is 2. The second kappa shape index (κ2) is 7.10. The average Bonchev–Trinajstić information content (AvgIpc) is 3.16. The molecule has 106 valence electrons. The minimum atomic E-state index is -0.736. The Hall–Kier alpha value is -0.610. The van der Waals surface area contributed by atoms with Crippen molar-refractivity contribution in [2.75, 3.05) is 19.7 Å². The third-order valence-electron chi connectivity index (χ3n) is 3.82. The standard InChI is InChI=1S/C14H28N2O2/c1-3-4-5-6-9-16(10-11-17)13(18)14(2,15)12-7-8-12/h12,17H,3-11,15H2,1-2H3. The van der Waals surface area contributed by atoms with Crippen LogP contribution in [-0.2, 0) is 4.79 Å². The molecule has 0 aromatic rings. The fraction of sp³-hybridized carbons (Fsp3) is 0.929. The van der Waals surface area contributed by atoms with Gasteiger partial charge < -0.3 is 15.7 Å². The molecule has 0 bridgehead atoms. The molecule has 0 aromatic heterocycles. The highest BCUT2D eigenvalue weighted by Gasteiger charge is 2.45. The fourth-order valence-corrected chi connectivity index (χ4v) is 2.36. The Balaban J connectivity index is 2.46. The molecule has 1 unspecified atom stereocenters. The number of amides is 1. The quantitative estimate of drug-likeness (QED) is 0.615. The van der Waals surface area contributed by atoms with Crippen LogP contribution < -0.4 is 5.73 Å². The highest BCUT2D eigenvalue weighted by molar-refractivity contribution is 5.86. The topological polar surface area (TPSA) is 66.6 Å². The predicted molar refractivity (Wildman–Crippen MR) is 73.1 cm³/mol. The maximum atomic E-state index is 12.4. The van der Waals surface area contributed by atoms with E-state index in [-0.39, 0.29) is 12.5 Å². The molecule has 0 heterocycles. The molecule has 0 spiro atoms. The van der Waals surface area contributed by atoms with Crippen molar-refractivity contribution in [1.29, 1.82) is 0 Å². The minimum Gasteiger partial charge on any atom is -0.395 e. The molecular weight excluding hydrogens is 228 g/mol. The van der Waals surface area contributed by atoms with Crippen LogP contribution in [0.4, 0.5) is 0 Å². The monoisotopic (exact) mass is 256 g/mol. The van der Waals surface area contributed by atoms with Crippen LogP contribution in [-0.4, -0.2) is 41.1 Å². The molecule has 18 heavy (non-hydrogen) atoms. The van der Waals surface area contributed by atoms with Gasteiger partial charge in [0.15, 0.2) is 0 Å². The van der Waals surface area contributed by atoms with Gasteiger partial charge in [-0.1, -0.05) is 26.2 Å². The highest BCUT2D eigenvalue weighted by atomic mass is 16.3. The highest BCUT2D eigenvalue weighted by Crippen LogP contribution is 2.38. The molecule has 0 aromatic carbocycles. The van der Waals surface area contributed by atoms with Crippen LogP contribution in [0.2, 0.25) is 0 Å². The van der Waals surface area contributed by atoms with Crippen LogP contribution in [0, 0.1) is 5.92 Å². The van der Waals surface area contributed by atoms with Gasteiger partial charge in [-0.15, -0.1) is 0 Å². The van der Waals surface area contributed by atoms with Crippen LogP contribution in [0.5, 0.6) is 0 Å². The van der Waals surface area contributed by atoms with E-state index in [0.29, 0.717) is 12.5 Å². The summed E-state index contributed by atoms with van der Waals surface area (Å²) in [5.74, 6) is 0.345. The van der Waals surface area contributed by atoms with Gasteiger partial charge in [0.2, 0.25) is 5.91 Å². The summed E-state index contributed by atoms with van der Waals surface area (Å²) in [5.41, 5.74) is 5.42. The third kappa shape index (κ3) is 4.25. The third-order valence-corrected chi connectivity index (χ3v) is 3.82. The van der Waals surface area contributed by atoms with Gasteiger partial charge in [0, 0.05) is 13.1 Å². The molecule has 1 saturated carbocycles. The van der Waals surface area contributed by atoms with Crippen molar-refractivity contribution >= 4 is 5.91 Å². The zero-order valence-electron chi connectivity index (χ0n) is 11.8. The number of aliphatic hydroxyl groups is 1. The van der Waals surface area contributed by atoms with Crippen molar-refractivity contribution in [2.45, 2.75) is 57.9 Å². The maximum absolute atomic E-state index is 12.4. The first kappa shape index (κ1) is 15.4. The lowest BCUT2D eigenvalue weighted by Crippen LogP contribution is -2.55. The van der Waals surface area contributed by atoms with Crippen LogP contribution in [0.15, 0.2) is 0 Å². The molecular formula is C14H28N2O2. The summed E-state index contributed by atoms with van der Waals surface area (Å²) >= 11 is 0. The molecule has 0 saturated heterocycles. The van der Waals surface area contributed by atoms with Gasteiger partial charge in [-0.05, 0) is 32.1 Å². The summed E-state index contributed by atoms with van der Waals surface area (Å²) in [6.45, 7) is 5.15. The lowest BCUT2D eigenvalue weighted by Gasteiger charge is -2.31. The molecule has 4 heteroatoms. The van der Waals surface area contributed by atoms with E-state index >= 15 is 0 Å². The van der Waals surface area contributed by atoms with Crippen molar-refractivity contribution in [3.8, 4) is 0 Å². The number of rotatable bonds is 9. The largest absolute Gasteiger partial charge is 0.395 e. The van der Waals surface area contributed by atoms with E-state index in [2.05, 4.69) is 6.92 Å². The fourth-order valence-electron chi connectivity index (χ4n) is 2.36. The van der Waals surface area contributed by atoms with Crippen LogP contribution in [0.1, 0.15) is 52.4 Å². The van der Waals surface area contributed by atoms with Crippen molar-refractivity contribution < 1.29 is 9.90 Å². The molecule has 1 aliphatic rings. The number of aliphatic hydroxyl groups excluding tert-OH is 1. The Morgan fingerprint density at radius 1 is 1.33 bits per heavy atom. The zero-order chi connectivity index (χ0) is 13.6. The van der Waals surface area contributed by atoms with Gasteiger partial charge in [-0.3, -0.25) is 4.79 Å². The molecule has 1 rings (SSSR count). The number of carbonyl (C=O) groups excluding carboxylic acids is 1. The summed E-state index contributed by atoms with van der Waals surface area (Å²) in [6, 6.07) is 0. The molecule has 4 nitrogen and oxygen atoms in total. The molecule has 0 radical (unpaired) electrons. The van der Waals surface area contributed by atoms with Gasteiger partial charge in [0.1, 0.15) is 0 Å². The Kier molecular flexibility index (Phi) is 6.09. The van der Waals surface area contributed by atoms with Crippen molar-refractivity contribution in [3.63, 3.8) is 0 Å². The van der Waals surface area contributed by atoms with E-state index in [1.165, 1.54) is 12.8 Å². The van der Waals surface area contributed by atoms with Gasteiger partial charge in [0.25, 0.3) is 0 Å². The Bertz CT molecular complexity index is 263. The number of nitrogens with zero attached hydrogens (tertiary/aromatic N) is 1. The van der Waals surface area contributed by atoms with Crippen molar-refractivity contribution in [2.24, 2.45) is 11.7 Å². The summed E-state index contributed by atoms with van der Waals surface area (Å²) in [5, 5.41) is 9.07. The minimum absolute atomic E-state index is 0.00977. The number of carbonyl (C=O) groups is 1. The van der Waals surface area contributed by atoms with Gasteiger partial charge in [-0.25, -0.2) is 0 Å². The van der Waals surface area contributed by atoms with E-state index in [9.17, 15) is 4.79 Å². The normalized spacial score (nSPS) is 18.4. The molecule has 1 aliphatic carbocycles. The van der Waals surface area contributed by atoms with Crippen LogP contribution in [0.3, 0.4) is 0 Å². The first-order chi connectivity index (χ1) is 8.54. The zero-order valence-corrected chi connectivity index (χ0v) is 11.8. The van der Waals surface area contributed by atoms with E-state index in [0.717, 1.165) is 32.2 Å². The summed E-state index contributed by atoms with van der Waals surface area (Å²) < 4.78 is 0.